The van der Waals surface area contributed by atoms with E-state index in [1.165, 1.54) is 6.07 Å². The maximum Gasteiger partial charge on any atom is 0.129 e. The largest absolute Gasteiger partial charge is 0.246 e. The molecular formula is C11H14F2. The number of benzene rings is 1. The Morgan fingerprint density at radius 3 is 2.31 bits per heavy atom. The molecule has 0 N–H and O–H groups in total. The molecule has 0 fully saturated rings. The highest BCUT2D eigenvalue weighted by Crippen LogP contribution is 2.22. The first-order chi connectivity index (χ1) is 6.06. The van der Waals surface area contributed by atoms with E-state index in [-0.39, 0.29) is 11.5 Å². The molecule has 13 heavy (non-hydrogen) atoms. The number of hydrogen-bond donors (Lipinski definition) is 0. The van der Waals surface area contributed by atoms with Crippen molar-refractivity contribution in [3.8, 4) is 0 Å². The molecule has 0 aliphatic rings. The van der Waals surface area contributed by atoms with Gasteiger partial charge in [-0.3, -0.25) is 0 Å². The Morgan fingerprint density at radius 2 is 1.92 bits per heavy atom. The summed E-state index contributed by atoms with van der Waals surface area (Å²) in [6, 6.07) is 3.27. The van der Waals surface area contributed by atoms with E-state index in [0.717, 1.165) is 5.56 Å². The van der Waals surface area contributed by atoms with Gasteiger partial charge < -0.3 is 0 Å². The van der Waals surface area contributed by atoms with E-state index in [4.69, 9.17) is 0 Å². The van der Waals surface area contributed by atoms with Crippen LogP contribution in [0.2, 0.25) is 0 Å². The maximum atomic E-state index is 13.2. The van der Waals surface area contributed by atoms with E-state index in [0.29, 0.717) is 5.56 Å². The summed E-state index contributed by atoms with van der Waals surface area (Å²) in [5, 5.41) is 0. The molecule has 0 aromatic heterocycles. The molecule has 0 aliphatic heterocycles. The molecule has 0 heterocycles. The van der Waals surface area contributed by atoms with E-state index in [2.05, 4.69) is 0 Å². The highest BCUT2D eigenvalue weighted by molar-refractivity contribution is 5.33. The summed E-state index contributed by atoms with van der Waals surface area (Å²) in [7, 11) is 0. The minimum absolute atomic E-state index is 0.185. The van der Waals surface area contributed by atoms with Gasteiger partial charge in [-0.15, -0.1) is 0 Å². The summed E-state index contributed by atoms with van der Waals surface area (Å²) in [5.74, 6) is -0.145. The predicted octanol–water partition coefficient (Wildman–Crippen LogP) is 3.73. The average molecular weight is 184 g/mol. The maximum absolute atomic E-state index is 13.2. The fraction of sp³-hybridized carbons (Fsp3) is 0.455. The van der Waals surface area contributed by atoms with Crippen molar-refractivity contribution in [3.63, 3.8) is 0 Å². The number of aryl methyl sites for hydroxylation is 1. The van der Waals surface area contributed by atoms with Crippen molar-refractivity contribution in [2.75, 3.05) is 0 Å². The molecule has 0 saturated carbocycles. The number of alkyl halides is 1. The van der Waals surface area contributed by atoms with Gasteiger partial charge in [0, 0.05) is 5.56 Å². The minimum atomic E-state index is -0.726. The molecule has 1 aromatic carbocycles. The predicted molar refractivity (Wildman–Crippen MR) is 50.0 cm³/mol. The van der Waals surface area contributed by atoms with Crippen LogP contribution in [-0.2, 0) is 6.67 Å². The summed E-state index contributed by atoms with van der Waals surface area (Å²) < 4.78 is 25.6. The van der Waals surface area contributed by atoms with Crippen LogP contribution in [0.3, 0.4) is 0 Å². The third-order valence-electron chi connectivity index (χ3n) is 2.24. The highest BCUT2D eigenvalue weighted by atomic mass is 19.1. The molecule has 0 nitrogen and oxygen atoms in total. The topological polar surface area (TPSA) is 0 Å². The van der Waals surface area contributed by atoms with Crippen LogP contribution in [0.4, 0.5) is 8.78 Å². The highest BCUT2D eigenvalue weighted by Gasteiger charge is 2.09. The first-order valence-corrected chi connectivity index (χ1v) is 4.41. The summed E-state index contributed by atoms with van der Waals surface area (Å²) in [6.45, 7) is 4.99. The van der Waals surface area contributed by atoms with Crippen LogP contribution in [0, 0.1) is 12.7 Å². The summed E-state index contributed by atoms with van der Waals surface area (Å²) >= 11 is 0. The van der Waals surface area contributed by atoms with Crippen LogP contribution in [0.1, 0.15) is 36.5 Å². The van der Waals surface area contributed by atoms with Gasteiger partial charge in [0.2, 0.25) is 0 Å². The molecule has 0 radical (unpaired) electrons. The standard InChI is InChI=1S/C11H14F2/c1-7(2)9-4-8(3)10(6-12)11(13)5-9/h4-5,7H,6H2,1-3H3. The quantitative estimate of drug-likeness (QED) is 0.657. The van der Waals surface area contributed by atoms with Crippen molar-refractivity contribution < 1.29 is 8.78 Å². The first kappa shape index (κ1) is 10.2. The zero-order chi connectivity index (χ0) is 10.0. The lowest BCUT2D eigenvalue weighted by Gasteiger charge is -2.10. The normalized spacial score (nSPS) is 10.9. The SMILES string of the molecule is Cc1cc(C(C)C)cc(F)c1CF. The molecule has 0 unspecified atom stereocenters. The molecule has 0 spiro atoms. The minimum Gasteiger partial charge on any atom is -0.246 e. The molecule has 0 saturated heterocycles. The molecule has 0 atom stereocenters. The van der Waals surface area contributed by atoms with Gasteiger partial charge in [0.1, 0.15) is 12.5 Å². The van der Waals surface area contributed by atoms with Crippen LogP contribution in [0.25, 0.3) is 0 Å². The van der Waals surface area contributed by atoms with Gasteiger partial charge in [-0.1, -0.05) is 19.9 Å². The van der Waals surface area contributed by atoms with Crippen LogP contribution in [-0.4, -0.2) is 0 Å². The van der Waals surface area contributed by atoms with E-state index in [9.17, 15) is 8.78 Å². The van der Waals surface area contributed by atoms with Gasteiger partial charge in [0.25, 0.3) is 0 Å². The third kappa shape index (κ3) is 2.06. The van der Waals surface area contributed by atoms with E-state index >= 15 is 0 Å². The molecule has 0 aliphatic carbocycles. The van der Waals surface area contributed by atoms with Crippen molar-refractivity contribution in [3.05, 3.63) is 34.6 Å². The van der Waals surface area contributed by atoms with Crippen molar-refractivity contribution >= 4 is 0 Å². The Balaban J connectivity index is 3.20. The first-order valence-electron chi connectivity index (χ1n) is 4.41. The second-order valence-electron chi connectivity index (χ2n) is 3.59. The molecular weight excluding hydrogens is 170 g/mol. The van der Waals surface area contributed by atoms with Crippen LogP contribution >= 0.6 is 0 Å². The van der Waals surface area contributed by atoms with Crippen molar-refractivity contribution in [1.82, 2.24) is 0 Å². The molecule has 72 valence electrons. The third-order valence-corrected chi connectivity index (χ3v) is 2.24. The van der Waals surface area contributed by atoms with Crippen LogP contribution in [0.5, 0.6) is 0 Å². The van der Waals surface area contributed by atoms with Crippen molar-refractivity contribution in [2.45, 2.75) is 33.4 Å². The monoisotopic (exact) mass is 184 g/mol. The zero-order valence-corrected chi connectivity index (χ0v) is 8.20. The Morgan fingerprint density at radius 1 is 1.31 bits per heavy atom. The second kappa shape index (κ2) is 3.86. The van der Waals surface area contributed by atoms with Crippen LogP contribution in [0.15, 0.2) is 12.1 Å². The zero-order valence-electron chi connectivity index (χ0n) is 8.20. The Hall–Kier alpha value is -0.920. The summed E-state index contributed by atoms with van der Waals surface area (Å²) in [4.78, 5) is 0. The number of hydrogen-bond acceptors (Lipinski definition) is 0. The Kier molecular flexibility index (Phi) is 3.02. The fourth-order valence-corrected chi connectivity index (χ4v) is 1.30. The smallest absolute Gasteiger partial charge is 0.129 e. The molecule has 1 aromatic rings. The summed E-state index contributed by atoms with van der Waals surface area (Å²) in [5.41, 5.74) is 1.81. The Labute approximate surface area is 77.6 Å². The fourth-order valence-electron chi connectivity index (χ4n) is 1.30. The lowest BCUT2D eigenvalue weighted by Crippen LogP contribution is -1.96. The molecule has 0 bridgehead atoms. The van der Waals surface area contributed by atoms with Crippen molar-refractivity contribution in [2.24, 2.45) is 0 Å². The average Bonchev–Trinajstić information content (AvgIpc) is 2.03. The lowest BCUT2D eigenvalue weighted by molar-refractivity contribution is 0.461. The van der Waals surface area contributed by atoms with Gasteiger partial charge in [-0.05, 0) is 30.0 Å². The molecule has 0 amide bonds. The van der Waals surface area contributed by atoms with Gasteiger partial charge in [0.05, 0.1) is 0 Å². The van der Waals surface area contributed by atoms with Crippen LogP contribution < -0.4 is 0 Å². The number of halogens is 2. The van der Waals surface area contributed by atoms with E-state index < -0.39 is 12.5 Å². The van der Waals surface area contributed by atoms with Crippen molar-refractivity contribution in [1.29, 1.82) is 0 Å². The molecule has 1 rings (SSSR count). The van der Waals surface area contributed by atoms with E-state index in [1.807, 2.05) is 19.9 Å². The summed E-state index contributed by atoms with van der Waals surface area (Å²) in [6.07, 6.45) is 0. The van der Waals surface area contributed by atoms with Gasteiger partial charge >= 0.3 is 0 Å². The number of rotatable bonds is 2. The Bertz CT molecular complexity index is 280. The van der Waals surface area contributed by atoms with E-state index in [1.54, 1.807) is 6.92 Å². The van der Waals surface area contributed by atoms with Gasteiger partial charge in [-0.2, -0.15) is 0 Å². The molecule has 2 heteroatoms. The van der Waals surface area contributed by atoms with Gasteiger partial charge in [0.15, 0.2) is 0 Å². The second-order valence-corrected chi connectivity index (χ2v) is 3.59. The van der Waals surface area contributed by atoms with Gasteiger partial charge in [-0.25, -0.2) is 8.78 Å². The lowest BCUT2D eigenvalue weighted by atomic mass is 9.98.